The molecular weight excluding hydrogens is 320 g/mol. The van der Waals surface area contributed by atoms with Crippen molar-refractivity contribution in [2.24, 2.45) is 5.92 Å². The Morgan fingerprint density at radius 1 is 1.16 bits per heavy atom. The maximum Gasteiger partial charge on any atom is 0.326 e. The molecule has 6 nitrogen and oxygen atoms in total. The SMILES string of the molecule is O=C(NC(CC1CC1)C(=O)O)c1ccc(OCc2ccncc2)cc1. The van der Waals surface area contributed by atoms with E-state index < -0.39 is 12.0 Å². The van der Waals surface area contributed by atoms with Gasteiger partial charge in [-0.05, 0) is 54.3 Å². The first kappa shape index (κ1) is 17.0. The minimum absolute atomic E-state index is 0.381. The Morgan fingerprint density at radius 3 is 2.44 bits per heavy atom. The Hall–Kier alpha value is -2.89. The highest BCUT2D eigenvalue weighted by molar-refractivity contribution is 5.96. The maximum absolute atomic E-state index is 12.2. The molecule has 1 aromatic heterocycles. The molecule has 1 unspecified atom stereocenters. The molecule has 130 valence electrons. The molecule has 1 aromatic carbocycles. The predicted octanol–water partition coefficient (Wildman–Crippen LogP) is 2.64. The minimum atomic E-state index is -0.988. The largest absolute Gasteiger partial charge is 0.489 e. The van der Waals surface area contributed by atoms with Crippen molar-refractivity contribution in [1.82, 2.24) is 10.3 Å². The van der Waals surface area contributed by atoms with Crippen LogP contribution in [0.1, 0.15) is 35.2 Å². The van der Waals surface area contributed by atoms with Crippen LogP contribution in [0, 0.1) is 5.92 Å². The van der Waals surface area contributed by atoms with Crippen molar-refractivity contribution in [3.63, 3.8) is 0 Å². The number of pyridine rings is 1. The van der Waals surface area contributed by atoms with E-state index in [1.807, 2.05) is 12.1 Å². The summed E-state index contributed by atoms with van der Waals surface area (Å²) < 4.78 is 5.65. The van der Waals surface area contributed by atoms with E-state index in [-0.39, 0.29) is 5.91 Å². The number of carbonyl (C=O) groups excluding carboxylic acids is 1. The summed E-state index contributed by atoms with van der Waals surface area (Å²) in [6.07, 6.45) is 5.99. The number of amides is 1. The lowest BCUT2D eigenvalue weighted by atomic mass is 10.1. The van der Waals surface area contributed by atoms with Gasteiger partial charge in [0.25, 0.3) is 5.91 Å². The Kier molecular flexibility index (Phi) is 5.28. The monoisotopic (exact) mass is 340 g/mol. The summed E-state index contributed by atoms with van der Waals surface area (Å²) in [5.41, 5.74) is 1.42. The van der Waals surface area contributed by atoms with Crippen LogP contribution in [-0.2, 0) is 11.4 Å². The average molecular weight is 340 g/mol. The predicted molar refractivity (Wildman–Crippen MR) is 91.2 cm³/mol. The molecule has 1 aliphatic rings. The summed E-state index contributed by atoms with van der Waals surface area (Å²) in [5.74, 6) is -0.308. The summed E-state index contributed by atoms with van der Waals surface area (Å²) in [6.45, 7) is 0.413. The van der Waals surface area contributed by atoms with E-state index in [1.54, 1.807) is 36.7 Å². The molecule has 2 N–H and O–H groups in total. The van der Waals surface area contributed by atoms with Gasteiger partial charge >= 0.3 is 5.97 Å². The molecule has 1 saturated carbocycles. The molecule has 1 heterocycles. The Bertz CT molecular complexity index is 727. The number of hydrogen-bond acceptors (Lipinski definition) is 4. The third kappa shape index (κ3) is 5.04. The number of carboxylic acids is 1. The van der Waals surface area contributed by atoms with E-state index in [0.717, 1.165) is 18.4 Å². The maximum atomic E-state index is 12.2. The van der Waals surface area contributed by atoms with Crippen LogP contribution in [-0.4, -0.2) is 28.0 Å². The Balaban J connectivity index is 1.55. The van der Waals surface area contributed by atoms with Crippen LogP contribution in [0.5, 0.6) is 5.75 Å². The van der Waals surface area contributed by atoms with Gasteiger partial charge in [0, 0.05) is 18.0 Å². The summed E-state index contributed by atoms with van der Waals surface area (Å²) in [4.78, 5) is 27.4. The number of nitrogens with zero attached hydrogens (tertiary/aromatic N) is 1. The van der Waals surface area contributed by atoms with E-state index in [2.05, 4.69) is 10.3 Å². The van der Waals surface area contributed by atoms with Crippen molar-refractivity contribution in [1.29, 1.82) is 0 Å². The number of carbonyl (C=O) groups is 2. The number of aliphatic carboxylic acids is 1. The molecule has 0 saturated heterocycles. The Morgan fingerprint density at radius 2 is 1.84 bits per heavy atom. The van der Waals surface area contributed by atoms with Crippen molar-refractivity contribution in [3.8, 4) is 5.75 Å². The molecule has 0 radical (unpaired) electrons. The second-order valence-corrected chi connectivity index (χ2v) is 6.21. The zero-order valence-corrected chi connectivity index (χ0v) is 13.7. The van der Waals surface area contributed by atoms with E-state index in [9.17, 15) is 14.7 Å². The van der Waals surface area contributed by atoms with Gasteiger partial charge in [0.15, 0.2) is 0 Å². The molecule has 2 aromatic rings. The zero-order chi connectivity index (χ0) is 17.6. The highest BCUT2D eigenvalue weighted by Crippen LogP contribution is 2.33. The second-order valence-electron chi connectivity index (χ2n) is 6.21. The minimum Gasteiger partial charge on any atom is -0.489 e. The fraction of sp³-hybridized carbons (Fsp3) is 0.316. The first-order valence-electron chi connectivity index (χ1n) is 8.27. The topological polar surface area (TPSA) is 88.5 Å². The van der Waals surface area contributed by atoms with Crippen LogP contribution in [0.4, 0.5) is 0 Å². The lowest BCUT2D eigenvalue weighted by Gasteiger charge is -2.14. The first-order valence-corrected chi connectivity index (χ1v) is 8.27. The lowest BCUT2D eigenvalue weighted by Crippen LogP contribution is -2.41. The summed E-state index contributed by atoms with van der Waals surface area (Å²) >= 11 is 0. The van der Waals surface area contributed by atoms with Gasteiger partial charge in [0.1, 0.15) is 18.4 Å². The van der Waals surface area contributed by atoms with Crippen molar-refractivity contribution in [2.75, 3.05) is 0 Å². The fourth-order valence-corrected chi connectivity index (χ4v) is 2.50. The van der Waals surface area contributed by atoms with Gasteiger partial charge in [-0.2, -0.15) is 0 Å². The van der Waals surface area contributed by atoms with Crippen molar-refractivity contribution >= 4 is 11.9 Å². The molecule has 1 fully saturated rings. The normalized spacial score (nSPS) is 14.6. The highest BCUT2D eigenvalue weighted by atomic mass is 16.5. The molecule has 3 rings (SSSR count). The number of aromatic nitrogens is 1. The molecule has 0 bridgehead atoms. The smallest absolute Gasteiger partial charge is 0.326 e. The van der Waals surface area contributed by atoms with Gasteiger partial charge in [-0.25, -0.2) is 4.79 Å². The molecule has 6 heteroatoms. The van der Waals surface area contributed by atoms with Crippen molar-refractivity contribution in [3.05, 3.63) is 59.9 Å². The number of benzene rings is 1. The van der Waals surface area contributed by atoms with Crippen LogP contribution in [0.15, 0.2) is 48.8 Å². The van der Waals surface area contributed by atoms with Gasteiger partial charge in [0.2, 0.25) is 0 Å². The number of nitrogens with one attached hydrogen (secondary N) is 1. The molecule has 0 aliphatic heterocycles. The molecule has 25 heavy (non-hydrogen) atoms. The zero-order valence-electron chi connectivity index (χ0n) is 13.7. The lowest BCUT2D eigenvalue weighted by molar-refractivity contribution is -0.139. The van der Waals surface area contributed by atoms with Crippen LogP contribution in [0.25, 0.3) is 0 Å². The van der Waals surface area contributed by atoms with Crippen LogP contribution in [0.2, 0.25) is 0 Å². The number of ether oxygens (including phenoxy) is 1. The molecule has 1 amide bonds. The van der Waals surface area contributed by atoms with Crippen LogP contribution < -0.4 is 10.1 Å². The van der Waals surface area contributed by atoms with E-state index in [0.29, 0.717) is 30.3 Å². The summed E-state index contributed by atoms with van der Waals surface area (Å²) in [7, 11) is 0. The quantitative estimate of drug-likeness (QED) is 0.771. The standard InChI is InChI=1S/C19H20N2O4/c22-18(21-17(19(23)24)11-13-1-2-13)15-3-5-16(6-4-15)25-12-14-7-9-20-10-8-14/h3-10,13,17H,1-2,11-12H2,(H,21,22)(H,23,24). The van der Waals surface area contributed by atoms with Gasteiger partial charge in [-0.3, -0.25) is 9.78 Å². The molecule has 1 aliphatic carbocycles. The summed E-state index contributed by atoms with van der Waals surface area (Å²) in [6, 6.07) is 9.57. The van der Waals surface area contributed by atoms with Crippen LogP contribution in [0.3, 0.4) is 0 Å². The average Bonchev–Trinajstić information content (AvgIpc) is 3.44. The Labute approximate surface area is 145 Å². The van der Waals surface area contributed by atoms with Gasteiger partial charge < -0.3 is 15.2 Å². The molecular formula is C19H20N2O4. The summed E-state index contributed by atoms with van der Waals surface area (Å²) in [5, 5.41) is 11.8. The third-order valence-electron chi connectivity index (χ3n) is 4.14. The first-order chi connectivity index (χ1) is 12.1. The molecule has 0 spiro atoms. The van der Waals surface area contributed by atoms with Gasteiger partial charge in [-0.15, -0.1) is 0 Å². The van der Waals surface area contributed by atoms with Gasteiger partial charge in [0.05, 0.1) is 0 Å². The number of rotatable bonds is 8. The highest BCUT2D eigenvalue weighted by Gasteiger charge is 2.30. The van der Waals surface area contributed by atoms with Crippen molar-refractivity contribution < 1.29 is 19.4 Å². The van der Waals surface area contributed by atoms with Crippen molar-refractivity contribution in [2.45, 2.75) is 31.9 Å². The van der Waals surface area contributed by atoms with Gasteiger partial charge in [-0.1, -0.05) is 12.8 Å². The van der Waals surface area contributed by atoms with E-state index in [1.165, 1.54) is 0 Å². The fourth-order valence-electron chi connectivity index (χ4n) is 2.50. The number of hydrogen-bond donors (Lipinski definition) is 2. The van der Waals surface area contributed by atoms with Crippen LogP contribution >= 0.6 is 0 Å². The van der Waals surface area contributed by atoms with E-state index >= 15 is 0 Å². The van der Waals surface area contributed by atoms with E-state index in [4.69, 9.17) is 4.74 Å². The molecule has 1 atom stereocenters. The third-order valence-corrected chi connectivity index (χ3v) is 4.14. The second kappa shape index (κ2) is 7.79. The number of carboxylic acid groups (broad SMARTS) is 1.